The van der Waals surface area contributed by atoms with E-state index >= 15 is 0 Å². The van der Waals surface area contributed by atoms with E-state index in [1.807, 2.05) is 84.9 Å². The highest BCUT2D eigenvalue weighted by Crippen LogP contribution is 2.41. The van der Waals surface area contributed by atoms with Crippen LogP contribution in [0.1, 0.15) is 27.1 Å². The van der Waals surface area contributed by atoms with Crippen LogP contribution in [0.25, 0.3) is 0 Å². The van der Waals surface area contributed by atoms with Crippen molar-refractivity contribution in [2.24, 2.45) is 16.7 Å². The van der Waals surface area contributed by atoms with Crippen LogP contribution in [0, 0.1) is 0 Å². The number of amidine groups is 1. The lowest BCUT2D eigenvalue weighted by molar-refractivity contribution is 0.166. The number of hydrogen-bond donors (Lipinski definition) is 2. The van der Waals surface area contributed by atoms with Crippen molar-refractivity contribution < 1.29 is 0 Å². The summed E-state index contributed by atoms with van der Waals surface area (Å²) in [6.07, 6.45) is 0. The molecule has 0 amide bonds. The first-order valence-corrected chi connectivity index (χ1v) is 11.3. The SMILES string of the molecule is N/C(=N\N(N)C(c1ccccc1)(c1ccccc1)c1ccccc1)C(Br)c1ccccc1. The maximum atomic E-state index is 6.81. The highest BCUT2D eigenvalue weighted by atomic mass is 79.9. The van der Waals surface area contributed by atoms with Gasteiger partial charge >= 0.3 is 0 Å². The lowest BCUT2D eigenvalue weighted by Crippen LogP contribution is -2.50. The van der Waals surface area contributed by atoms with Crippen molar-refractivity contribution in [2.45, 2.75) is 10.4 Å². The molecule has 4 rings (SSSR count). The molecule has 160 valence electrons. The second-order valence-electron chi connectivity index (χ2n) is 7.45. The Bertz CT molecular complexity index is 1050. The molecular weight excluding hydrogens is 460 g/mol. The van der Waals surface area contributed by atoms with Gasteiger partial charge in [0.25, 0.3) is 0 Å². The third kappa shape index (κ3) is 4.17. The lowest BCUT2D eigenvalue weighted by Gasteiger charge is -2.41. The van der Waals surface area contributed by atoms with Gasteiger partial charge in [0, 0.05) is 0 Å². The van der Waals surface area contributed by atoms with E-state index in [1.165, 1.54) is 5.12 Å². The minimum absolute atomic E-state index is 0.269. The zero-order valence-corrected chi connectivity index (χ0v) is 19.1. The number of nitrogens with two attached hydrogens (primary N) is 2. The van der Waals surface area contributed by atoms with Crippen molar-refractivity contribution in [2.75, 3.05) is 0 Å². The summed E-state index contributed by atoms with van der Waals surface area (Å²) >= 11 is 3.68. The molecule has 5 heteroatoms. The first kappa shape index (κ1) is 21.8. The molecule has 4 nitrogen and oxygen atoms in total. The second-order valence-corrected chi connectivity index (χ2v) is 8.37. The van der Waals surface area contributed by atoms with Crippen molar-refractivity contribution in [3.05, 3.63) is 144 Å². The fourth-order valence-corrected chi connectivity index (χ4v) is 4.37. The first-order valence-electron chi connectivity index (χ1n) is 10.4. The maximum Gasteiger partial charge on any atom is 0.150 e. The number of nitrogens with zero attached hydrogens (tertiary/aromatic N) is 2. The topological polar surface area (TPSA) is 67.6 Å². The Morgan fingerprint density at radius 1 is 0.656 bits per heavy atom. The Hall–Kier alpha value is -3.41. The number of benzene rings is 4. The van der Waals surface area contributed by atoms with E-state index < -0.39 is 5.54 Å². The molecule has 0 spiro atoms. The highest BCUT2D eigenvalue weighted by Gasteiger charge is 2.41. The normalized spacial score (nSPS) is 12.9. The third-order valence-corrected chi connectivity index (χ3v) is 6.49. The number of hydrazine groups is 1. The molecule has 0 radical (unpaired) electrons. The maximum absolute atomic E-state index is 6.81. The third-order valence-electron chi connectivity index (χ3n) is 5.49. The van der Waals surface area contributed by atoms with Gasteiger partial charge in [-0.1, -0.05) is 137 Å². The predicted molar refractivity (Wildman–Crippen MR) is 135 cm³/mol. The van der Waals surface area contributed by atoms with E-state index in [9.17, 15) is 0 Å². The zero-order valence-electron chi connectivity index (χ0n) is 17.6. The van der Waals surface area contributed by atoms with Crippen LogP contribution in [0.5, 0.6) is 0 Å². The summed E-state index contributed by atoms with van der Waals surface area (Å²) in [5.41, 5.74) is 9.56. The standard InChI is InChI=1S/C27H25BrN4/c28-25(21-13-5-1-6-14-21)26(29)31-32(30)27(22-15-7-2-8-16-22,23-17-9-3-10-18-23)24-19-11-4-12-20-24/h1-20,25H,30H2,(H2,29,31). The average Bonchev–Trinajstić information content (AvgIpc) is 2.86. The van der Waals surface area contributed by atoms with E-state index in [-0.39, 0.29) is 4.83 Å². The quantitative estimate of drug-likeness (QED) is 0.0899. The van der Waals surface area contributed by atoms with Gasteiger partial charge in [-0.15, -0.1) is 5.10 Å². The Morgan fingerprint density at radius 3 is 1.38 bits per heavy atom. The van der Waals surface area contributed by atoms with Gasteiger partial charge in [0.1, 0.15) is 11.4 Å². The van der Waals surface area contributed by atoms with Crippen LogP contribution in [-0.4, -0.2) is 11.0 Å². The number of rotatable bonds is 7. The fourth-order valence-electron chi connectivity index (χ4n) is 3.98. The average molecular weight is 485 g/mol. The summed E-state index contributed by atoms with van der Waals surface area (Å²) < 4.78 is 0. The van der Waals surface area contributed by atoms with E-state index in [2.05, 4.69) is 52.3 Å². The molecule has 0 saturated heterocycles. The van der Waals surface area contributed by atoms with Crippen LogP contribution in [0.2, 0.25) is 0 Å². The van der Waals surface area contributed by atoms with E-state index in [1.54, 1.807) is 0 Å². The fraction of sp³-hybridized carbons (Fsp3) is 0.0741. The van der Waals surface area contributed by atoms with Crippen molar-refractivity contribution >= 4 is 21.8 Å². The zero-order chi connectivity index (χ0) is 22.4. The van der Waals surface area contributed by atoms with Crippen molar-refractivity contribution in [1.29, 1.82) is 0 Å². The van der Waals surface area contributed by atoms with Crippen molar-refractivity contribution in [3.63, 3.8) is 0 Å². The van der Waals surface area contributed by atoms with E-state index in [0.29, 0.717) is 5.84 Å². The van der Waals surface area contributed by atoms with Gasteiger partial charge in [-0.05, 0) is 22.3 Å². The van der Waals surface area contributed by atoms with Crippen LogP contribution in [-0.2, 0) is 5.54 Å². The number of alkyl halides is 1. The van der Waals surface area contributed by atoms with Gasteiger partial charge in [0.15, 0.2) is 0 Å². The highest BCUT2D eigenvalue weighted by molar-refractivity contribution is 9.09. The molecule has 4 aromatic carbocycles. The summed E-state index contributed by atoms with van der Waals surface area (Å²) in [7, 11) is 0. The Balaban J connectivity index is 1.91. The van der Waals surface area contributed by atoms with Crippen LogP contribution in [0.15, 0.2) is 126 Å². The van der Waals surface area contributed by atoms with Crippen LogP contribution < -0.4 is 11.6 Å². The molecule has 0 bridgehead atoms. The molecule has 0 fully saturated rings. The molecule has 1 unspecified atom stereocenters. The van der Waals surface area contributed by atoms with Gasteiger partial charge in [-0.25, -0.2) is 11.0 Å². The number of hydrogen-bond acceptors (Lipinski definition) is 3. The summed E-state index contributed by atoms with van der Waals surface area (Å²) in [4.78, 5) is -0.269. The lowest BCUT2D eigenvalue weighted by atomic mass is 9.77. The Labute approximate surface area is 197 Å². The van der Waals surface area contributed by atoms with Crippen LogP contribution in [0.4, 0.5) is 0 Å². The van der Waals surface area contributed by atoms with E-state index in [0.717, 1.165) is 22.3 Å². The number of halogens is 1. The minimum atomic E-state index is -0.877. The molecule has 0 aliphatic heterocycles. The molecule has 4 aromatic rings. The van der Waals surface area contributed by atoms with Crippen LogP contribution >= 0.6 is 15.9 Å². The molecule has 32 heavy (non-hydrogen) atoms. The predicted octanol–water partition coefficient (Wildman–Crippen LogP) is 5.56. The molecular formula is C27H25BrN4. The Morgan fingerprint density at radius 2 is 1.00 bits per heavy atom. The van der Waals surface area contributed by atoms with Crippen molar-refractivity contribution in [1.82, 2.24) is 5.12 Å². The minimum Gasteiger partial charge on any atom is -0.384 e. The summed E-state index contributed by atoms with van der Waals surface area (Å²) in [5.74, 6) is 7.18. The van der Waals surface area contributed by atoms with Gasteiger partial charge in [0.2, 0.25) is 0 Å². The van der Waals surface area contributed by atoms with Crippen molar-refractivity contribution in [3.8, 4) is 0 Å². The monoisotopic (exact) mass is 484 g/mol. The van der Waals surface area contributed by atoms with Gasteiger partial charge in [-0.3, -0.25) is 0 Å². The molecule has 0 aromatic heterocycles. The van der Waals surface area contributed by atoms with Gasteiger partial charge in [0.05, 0.1) is 4.83 Å². The van der Waals surface area contributed by atoms with Gasteiger partial charge < -0.3 is 5.73 Å². The molecule has 1 atom stereocenters. The summed E-state index contributed by atoms with van der Waals surface area (Å²) in [6.45, 7) is 0. The molecule has 0 aliphatic rings. The number of hydrazone groups is 1. The van der Waals surface area contributed by atoms with Gasteiger partial charge in [-0.2, -0.15) is 0 Å². The summed E-state index contributed by atoms with van der Waals surface area (Å²) in [6, 6.07) is 40.3. The van der Waals surface area contributed by atoms with E-state index in [4.69, 9.17) is 16.7 Å². The Kier molecular flexibility index (Phi) is 6.69. The molecule has 0 heterocycles. The largest absolute Gasteiger partial charge is 0.384 e. The molecule has 0 saturated carbocycles. The summed E-state index contributed by atoms with van der Waals surface area (Å²) in [5, 5.41) is 6.20. The molecule has 4 N–H and O–H groups in total. The second kappa shape index (κ2) is 9.81. The smallest absolute Gasteiger partial charge is 0.150 e. The van der Waals surface area contributed by atoms with Crippen LogP contribution in [0.3, 0.4) is 0 Å². The first-order chi connectivity index (χ1) is 15.6. The molecule has 0 aliphatic carbocycles.